The van der Waals surface area contributed by atoms with Gasteiger partial charge in [-0.05, 0) is 52.1 Å². The lowest BCUT2D eigenvalue weighted by Gasteiger charge is -2.39. The summed E-state index contributed by atoms with van der Waals surface area (Å²) in [4.78, 5) is 33.6. The van der Waals surface area contributed by atoms with Gasteiger partial charge in [0.1, 0.15) is 0 Å². The van der Waals surface area contributed by atoms with Gasteiger partial charge in [-0.2, -0.15) is 0 Å². The third-order valence-corrected chi connectivity index (χ3v) is 5.52. The Bertz CT molecular complexity index is 1180. The van der Waals surface area contributed by atoms with Crippen LogP contribution >= 0.6 is 0 Å². The zero-order valence-corrected chi connectivity index (χ0v) is 17.8. The van der Waals surface area contributed by atoms with E-state index in [-0.39, 0.29) is 5.56 Å². The molecule has 3 heterocycles. The van der Waals surface area contributed by atoms with E-state index >= 15 is 0 Å². The van der Waals surface area contributed by atoms with E-state index in [4.69, 9.17) is 5.73 Å². The van der Waals surface area contributed by atoms with E-state index in [1.54, 1.807) is 12.3 Å². The van der Waals surface area contributed by atoms with Crippen molar-refractivity contribution in [3.63, 3.8) is 0 Å². The average Bonchev–Trinajstić information content (AvgIpc) is 2.70. The van der Waals surface area contributed by atoms with Gasteiger partial charge in [-0.25, -0.2) is 4.98 Å². The Kier molecular flexibility index (Phi) is 5.26. The second-order valence-corrected chi connectivity index (χ2v) is 8.00. The summed E-state index contributed by atoms with van der Waals surface area (Å²) in [6.07, 6.45) is 3.37. The van der Waals surface area contributed by atoms with E-state index in [0.717, 1.165) is 36.7 Å². The van der Waals surface area contributed by atoms with E-state index in [2.05, 4.69) is 43.7 Å². The second kappa shape index (κ2) is 7.87. The maximum atomic E-state index is 12.8. The summed E-state index contributed by atoms with van der Waals surface area (Å²) in [6.45, 7) is 8.88. The Morgan fingerprint density at radius 3 is 2.80 bits per heavy atom. The minimum absolute atomic E-state index is 0.207. The SMILES string of the molecule is Cc1cnc(C=C(N)c2nc3ccc(N4CCN(C)CC4C)cc3c(=O)[nH]2)c(C)n1. The smallest absolute Gasteiger partial charge is 0.259 e. The highest BCUT2D eigenvalue weighted by Gasteiger charge is 2.22. The molecule has 1 aromatic carbocycles. The predicted molar refractivity (Wildman–Crippen MR) is 120 cm³/mol. The number of likely N-dealkylation sites (N-methyl/N-ethyl adjacent to an activating group) is 1. The van der Waals surface area contributed by atoms with Gasteiger partial charge < -0.3 is 20.5 Å². The molecule has 8 nitrogen and oxygen atoms in total. The van der Waals surface area contributed by atoms with E-state index in [0.29, 0.717) is 34.2 Å². The lowest BCUT2D eigenvalue weighted by molar-refractivity contribution is 0.275. The summed E-state index contributed by atoms with van der Waals surface area (Å²) in [5, 5.41) is 0.557. The van der Waals surface area contributed by atoms with Crippen LogP contribution in [0.25, 0.3) is 22.7 Å². The first-order valence-electron chi connectivity index (χ1n) is 10.1. The van der Waals surface area contributed by atoms with Gasteiger partial charge in [0.25, 0.3) is 5.56 Å². The molecule has 156 valence electrons. The number of nitrogens with one attached hydrogen (secondary N) is 1. The molecule has 0 spiro atoms. The van der Waals surface area contributed by atoms with E-state index in [9.17, 15) is 4.79 Å². The number of benzene rings is 1. The number of anilines is 1. The first-order chi connectivity index (χ1) is 14.3. The molecule has 1 aliphatic rings. The zero-order chi connectivity index (χ0) is 21.4. The fraction of sp³-hybridized carbons (Fsp3) is 0.364. The Morgan fingerprint density at radius 2 is 2.07 bits per heavy atom. The van der Waals surface area contributed by atoms with Crippen LogP contribution in [0.5, 0.6) is 0 Å². The molecule has 0 saturated carbocycles. The monoisotopic (exact) mass is 405 g/mol. The molecule has 0 radical (unpaired) electrons. The minimum atomic E-state index is -0.207. The van der Waals surface area contributed by atoms with Crippen molar-refractivity contribution in [2.75, 3.05) is 31.6 Å². The van der Waals surface area contributed by atoms with Crippen molar-refractivity contribution in [2.45, 2.75) is 26.8 Å². The average molecular weight is 406 g/mol. The first-order valence-corrected chi connectivity index (χ1v) is 10.1. The van der Waals surface area contributed by atoms with Crippen LogP contribution in [0.4, 0.5) is 5.69 Å². The maximum absolute atomic E-state index is 12.8. The second-order valence-electron chi connectivity index (χ2n) is 8.00. The van der Waals surface area contributed by atoms with Crippen molar-refractivity contribution < 1.29 is 0 Å². The normalized spacial score (nSPS) is 18.2. The van der Waals surface area contributed by atoms with Crippen LogP contribution in [0, 0.1) is 13.8 Å². The van der Waals surface area contributed by atoms with Crippen molar-refractivity contribution in [1.82, 2.24) is 24.8 Å². The molecule has 0 aliphatic carbocycles. The number of H-pyrrole nitrogens is 1. The van der Waals surface area contributed by atoms with Crippen molar-refractivity contribution >= 4 is 28.4 Å². The van der Waals surface area contributed by atoms with Crippen LogP contribution in [0.15, 0.2) is 29.2 Å². The van der Waals surface area contributed by atoms with Crippen molar-refractivity contribution in [1.29, 1.82) is 0 Å². The van der Waals surface area contributed by atoms with Gasteiger partial charge in [-0.3, -0.25) is 14.8 Å². The molecule has 2 aromatic heterocycles. The molecule has 3 aromatic rings. The number of aromatic nitrogens is 4. The van der Waals surface area contributed by atoms with Gasteiger partial charge in [0.2, 0.25) is 0 Å². The lowest BCUT2D eigenvalue weighted by Crippen LogP contribution is -2.50. The van der Waals surface area contributed by atoms with Gasteiger partial charge in [-0.1, -0.05) is 0 Å². The van der Waals surface area contributed by atoms with Crippen LogP contribution in [0.1, 0.15) is 29.8 Å². The molecular formula is C22H27N7O. The number of nitrogens with two attached hydrogens (primary N) is 1. The Labute approximate surface area is 175 Å². The fourth-order valence-electron chi connectivity index (χ4n) is 3.93. The summed E-state index contributed by atoms with van der Waals surface area (Å²) in [5.41, 5.74) is 10.3. The van der Waals surface area contributed by atoms with Crippen molar-refractivity contribution in [3.8, 4) is 0 Å². The molecule has 3 N–H and O–H groups in total. The quantitative estimate of drug-likeness (QED) is 0.686. The van der Waals surface area contributed by atoms with Crippen LogP contribution in [0.3, 0.4) is 0 Å². The Hall–Kier alpha value is -3.26. The Morgan fingerprint density at radius 1 is 1.27 bits per heavy atom. The van der Waals surface area contributed by atoms with Crippen molar-refractivity contribution in [3.05, 3.63) is 57.7 Å². The molecule has 1 unspecified atom stereocenters. The van der Waals surface area contributed by atoms with E-state index < -0.39 is 0 Å². The predicted octanol–water partition coefficient (Wildman–Crippen LogP) is 1.93. The number of piperazine rings is 1. The number of aryl methyl sites for hydroxylation is 2. The molecule has 1 atom stereocenters. The summed E-state index contributed by atoms with van der Waals surface area (Å²) in [5.74, 6) is 0.329. The van der Waals surface area contributed by atoms with Gasteiger partial charge in [0.15, 0.2) is 5.82 Å². The molecule has 0 bridgehead atoms. The van der Waals surface area contributed by atoms with Crippen LogP contribution in [-0.2, 0) is 0 Å². The molecule has 1 saturated heterocycles. The molecule has 1 aliphatic heterocycles. The number of hydrogen-bond acceptors (Lipinski definition) is 7. The van der Waals surface area contributed by atoms with Gasteiger partial charge in [-0.15, -0.1) is 0 Å². The number of aromatic amines is 1. The minimum Gasteiger partial charge on any atom is -0.396 e. The third kappa shape index (κ3) is 3.91. The zero-order valence-electron chi connectivity index (χ0n) is 17.8. The number of rotatable bonds is 3. The van der Waals surface area contributed by atoms with Gasteiger partial charge in [0.05, 0.1) is 33.7 Å². The molecular weight excluding hydrogens is 378 g/mol. The number of hydrogen-bond donors (Lipinski definition) is 2. The summed E-state index contributed by atoms with van der Waals surface area (Å²) in [7, 11) is 2.13. The number of nitrogens with zero attached hydrogens (tertiary/aromatic N) is 5. The molecule has 1 fully saturated rings. The lowest BCUT2D eigenvalue weighted by atomic mass is 10.1. The topological polar surface area (TPSA) is 104 Å². The largest absolute Gasteiger partial charge is 0.396 e. The molecule has 4 rings (SSSR count). The Balaban J connectivity index is 1.69. The highest BCUT2D eigenvalue weighted by atomic mass is 16.1. The van der Waals surface area contributed by atoms with E-state index in [1.165, 1.54) is 0 Å². The summed E-state index contributed by atoms with van der Waals surface area (Å²) < 4.78 is 0. The fourth-order valence-corrected chi connectivity index (χ4v) is 3.93. The highest BCUT2D eigenvalue weighted by Crippen LogP contribution is 2.23. The van der Waals surface area contributed by atoms with Crippen LogP contribution in [0.2, 0.25) is 0 Å². The number of fused-ring (bicyclic) bond motifs is 1. The van der Waals surface area contributed by atoms with Gasteiger partial charge >= 0.3 is 0 Å². The standard InChI is InChI=1S/C22H27N7O/c1-13-11-24-20(15(3)25-13)10-18(23)21-26-19-6-5-16(9-17(19)22(30)27-21)29-8-7-28(4)12-14(29)2/h5-6,9-11,14H,7-8,12,23H2,1-4H3,(H,26,27,30). The van der Waals surface area contributed by atoms with Crippen molar-refractivity contribution in [2.24, 2.45) is 5.73 Å². The summed E-state index contributed by atoms with van der Waals surface area (Å²) >= 11 is 0. The van der Waals surface area contributed by atoms with E-state index in [1.807, 2.05) is 32.0 Å². The van der Waals surface area contributed by atoms with Gasteiger partial charge in [0, 0.05) is 37.6 Å². The third-order valence-electron chi connectivity index (χ3n) is 5.52. The summed E-state index contributed by atoms with van der Waals surface area (Å²) in [6, 6.07) is 6.21. The molecule has 30 heavy (non-hydrogen) atoms. The molecule has 0 amide bonds. The molecule has 8 heteroatoms. The highest BCUT2D eigenvalue weighted by molar-refractivity contribution is 5.84. The van der Waals surface area contributed by atoms with Crippen LogP contribution in [-0.4, -0.2) is 57.6 Å². The first kappa shape index (κ1) is 20.0. The van der Waals surface area contributed by atoms with Crippen LogP contribution < -0.4 is 16.2 Å². The maximum Gasteiger partial charge on any atom is 0.259 e.